The molecule has 0 unspecified atom stereocenters. The third kappa shape index (κ3) is 20.7. The molecule has 17 nitrogen and oxygen atoms in total. The summed E-state index contributed by atoms with van der Waals surface area (Å²) in [6.45, 7) is 2.36. The molecule has 1 aromatic heterocycles. The standard InChI is InChI=1S/C36H66N12O3.C2HF3O2/c37-29(33(50)46-31(18-8-20-44-36(41)42)34(51)45-30(32(38)49)17-7-19-43-35(39)40)23-28-24-47(21-9-15-26-11-3-1-4-12-26)25-48(28)22-10-16-27-13-5-2-6-14-27;3-2(4,5)1(6)7/h24-27,29-31H,1-23,37H2,(H11-,38,39,40,41,42,43,44,45,46,49,50,51);(H,6,7)/t29-,30-,31-;/m0./s1. The van der Waals surface area contributed by atoms with Crippen molar-refractivity contribution in [1.82, 2.24) is 15.2 Å². The Labute approximate surface area is 339 Å². The van der Waals surface area contributed by atoms with Crippen LogP contribution in [0.1, 0.15) is 121 Å². The number of alkyl halides is 3. The molecule has 0 radical (unpaired) electrons. The van der Waals surface area contributed by atoms with Crippen molar-refractivity contribution in [3.63, 3.8) is 0 Å². The summed E-state index contributed by atoms with van der Waals surface area (Å²) in [5.41, 5.74) is 34.8. The number of imidazole rings is 1. The summed E-state index contributed by atoms with van der Waals surface area (Å²) in [7, 11) is 0. The van der Waals surface area contributed by atoms with Crippen LogP contribution in [0.25, 0.3) is 0 Å². The highest BCUT2D eigenvalue weighted by Gasteiger charge is 2.30. The van der Waals surface area contributed by atoms with Gasteiger partial charge in [0.1, 0.15) is 29.9 Å². The Morgan fingerprint density at radius 3 is 1.74 bits per heavy atom. The lowest BCUT2D eigenvalue weighted by Crippen LogP contribution is -2.55. The van der Waals surface area contributed by atoms with E-state index in [1.165, 1.54) is 77.0 Å². The van der Waals surface area contributed by atoms with Crippen LogP contribution < -0.4 is 54.7 Å². The van der Waals surface area contributed by atoms with Crippen LogP contribution in [0.3, 0.4) is 0 Å². The molecule has 0 aromatic carbocycles. The van der Waals surface area contributed by atoms with E-state index in [-0.39, 0.29) is 37.9 Å². The minimum atomic E-state index is -5.19. The van der Waals surface area contributed by atoms with Gasteiger partial charge in [-0.15, -0.1) is 0 Å². The molecule has 0 saturated heterocycles. The highest BCUT2D eigenvalue weighted by Crippen LogP contribution is 2.28. The lowest BCUT2D eigenvalue weighted by molar-refractivity contribution is -0.697. The van der Waals surface area contributed by atoms with Gasteiger partial charge in [0.25, 0.3) is 0 Å². The van der Waals surface area contributed by atoms with Crippen molar-refractivity contribution in [2.45, 2.75) is 159 Å². The van der Waals surface area contributed by atoms with Gasteiger partial charge in [-0.05, 0) is 63.2 Å². The molecule has 2 saturated carbocycles. The number of carbonyl (C=O) groups is 4. The third-order valence-electron chi connectivity index (χ3n) is 10.6. The van der Waals surface area contributed by atoms with Crippen LogP contribution in [-0.2, 0) is 38.7 Å². The number of carboxylic acid groups (broad SMARTS) is 1. The van der Waals surface area contributed by atoms with E-state index >= 15 is 0 Å². The highest BCUT2D eigenvalue weighted by atomic mass is 19.4. The number of aliphatic imine (C=N–C) groups is 2. The molecule has 3 atom stereocenters. The number of carbonyl (C=O) groups excluding carboxylic acids is 4. The maximum atomic E-state index is 13.6. The van der Waals surface area contributed by atoms with E-state index in [4.69, 9.17) is 44.3 Å². The molecule has 0 aliphatic heterocycles. The van der Waals surface area contributed by atoms with Crippen molar-refractivity contribution in [3.05, 3.63) is 18.2 Å². The Balaban J connectivity index is 0.00000151. The number of primary amides is 1. The van der Waals surface area contributed by atoms with Gasteiger partial charge in [-0.25, -0.2) is 9.13 Å². The number of nitrogens with two attached hydrogens (primary N) is 6. The molecule has 58 heavy (non-hydrogen) atoms. The fourth-order valence-electron chi connectivity index (χ4n) is 7.54. The van der Waals surface area contributed by atoms with Crippen molar-refractivity contribution in [2.24, 2.45) is 56.2 Å². The SMILES string of the molecule is NC(=O)[C@H](CCCN=C(N)N)NC(=O)[C@H](CCCN=C(N)N)NC(=O)[C@@H](N)Cc1c[n+](CCCC2CCCCC2)cn1CCCC1CCCCC1.O=C([O-])C(F)(F)F. The summed E-state index contributed by atoms with van der Waals surface area (Å²) in [4.78, 5) is 55.8. The summed E-state index contributed by atoms with van der Waals surface area (Å²) in [5.74, 6) is -3.21. The molecule has 1 aromatic rings. The van der Waals surface area contributed by atoms with Crippen LogP contribution in [0, 0.1) is 11.8 Å². The topological polar surface area (TPSA) is 305 Å². The summed E-state index contributed by atoms with van der Waals surface area (Å²) in [6, 6.07) is -2.85. The zero-order valence-corrected chi connectivity index (χ0v) is 33.7. The first-order chi connectivity index (χ1) is 27.5. The molecular weight excluding hydrogens is 761 g/mol. The van der Waals surface area contributed by atoms with E-state index in [9.17, 15) is 27.6 Å². The zero-order valence-electron chi connectivity index (χ0n) is 33.7. The van der Waals surface area contributed by atoms with Gasteiger partial charge in [0.05, 0.1) is 19.1 Å². The number of hydrogen-bond donors (Lipinski definition) is 8. The monoisotopic (exact) mass is 829 g/mol. The fraction of sp³-hybridized carbons (Fsp3) is 0.763. The number of nitrogens with one attached hydrogen (secondary N) is 2. The average molecular weight is 829 g/mol. The lowest BCUT2D eigenvalue weighted by Gasteiger charge is -2.23. The molecule has 2 aliphatic rings. The fourth-order valence-corrected chi connectivity index (χ4v) is 7.54. The van der Waals surface area contributed by atoms with Crippen molar-refractivity contribution in [2.75, 3.05) is 13.1 Å². The summed E-state index contributed by atoms with van der Waals surface area (Å²) in [6.07, 6.45) is 18.8. The number of aliphatic carboxylic acids is 1. The number of carboxylic acids is 1. The third-order valence-corrected chi connectivity index (χ3v) is 10.6. The van der Waals surface area contributed by atoms with Crippen LogP contribution in [0.2, 0.25) is 0 Å². The molecular formula is C38H67F3N12O5. The number of aryl methyl sites for hydroxylation is 2. The number of halogens is 3. The predicted molar refractivity (Wildman–Crippen MR) is 212 cm³/mol. The zero-order chi connectivity index (χ0) is 43.1. The Kier molecular flexibility index (Phi) is 22.5. The summed E-state index contributed by atoms with van der Waals surface area (Å²) in [5, 5.41) is 14.3. The maximum Gasteiger partial charge on any atom is 0.430 e. The molecule has 0 bridgehead atoms. The molecule has 3 amide bonds. The smallest absolute Gasteiger partial charge is 0.430 e. The number of guanidine groups is 2. The number of aromatic nitrogens is 2. The molecule has 14 N–H and O–H groups in total. The first-order valence-corrected chi connectivity index (χ1v) is 20.6. The quantitative estimate of drug-likeness (QED) is 0.0321. The molecule has 3 rings (SSSR count). The number of rotatable bonds is 23. The van der Waals surface area contributed by atoms with Crippen molar-refractivity contribution >= 4 is 35.6 Å². The van der Waals surface area contributed by atoms with Crippen molar-refractivity contribution < 1.29 is 42.0 Å². The number of amides is 3. The number of hydrogen-bond acceptors (Lipinski definition) is 8. The molecule has 0 spiro atoms. The van der Waals surface area contributed by atoms with Crippen molar-refractivity contribution in [3.8, 4) is 0 Å². The van der Waals surface area contributed by atoms with Crippen LogP contribution in [0.15, 0.2) is 22.5 Å². The minimum absolute atomic E-state index is 0.0641. The van der Waals surface area contributed by atoms with Crippen LogP contribution in [0.4, 0.5) is 13.2 Å². The second kappa shape index (κ2) is 26.4. The van der Waals surface area contributed by atoms with Crippen LogP contribution in [0.5, 0.6) is 0 Å². The molecule has 20 heteroatoms. The molecule has 2 fully saturated rings. The van der Waals surface area contributed by atoms with E-state index in [1.54, 1.807) is 0 Å². The average Bonchev–Trinajstić information content (AvgIpc) is 3.54. The van der Waals surface area contributed by atoms with E-state index in [1.807, 2.05) is 0 Å². The first kappa shape index (κ1) is 49.5. The van der Waals surface area contributed by atoms with E-state index in [0.717, 1.165) is 43.5 Å². The first-order valence-electron chi connectivity index (χ1n) is 20.6. The van der Waals surface area contributed by atoms with E-state index in [2.05, 4.69) is 42.3 Å². The Bertz CT molecular complexity index is 1470. The second-order valence-corrected chi connectivity index (χ2v) is 15.5. The Morgan fingerprint density at radius 2 is 1.26 bits per heavy atom. The van der Waals surface area contributed by atoms with Gasteiger partial charge in [0.15, 0.2) is 11.9 Å². The van der Waals surface area contributed by atoms with Crippen LogP contribution in [-0.4, -0.2) is 77.6 Å². The molecule has 2 aliphatic carbocycles. The van der Waals surface area contributed by atoms with Gasteiger partial charge in [-0.1, -0.05) is 64.2 Å². The van der Waals surface area contributed by atoms with Gasteiger partial charge in [0.2, 0.25) is 24.0 Å². The predicted octanol–water partition coefficient (Wildman–Crippen LogP) is 0.227. The van der Waals surface area contributed by atoms with Crippen LogP contribution >= 0.6 is 0 Å². The highest BCUT2D eigenvalue weighted by molar-refractivity contribution is 5.92. The normalized spacial score (nSPS) is 16.5. The summed E-state index contributed by atoms with van der Waals surface area (Å²) >= 11 is 0. The maximum absolute atomic E-state index is 13.6. The van der Waals surface area contributed by atoms with Crippen molar-refractivity contribution in [1.29, 1.82) is 0 Å². The minimum Gasteiger partial charge on any atom is -0.542 e. The van der Waals surface area contributed by atoms with E-state index < -0.39 is 48.0 Å². The molecule has 330 valence electrons. The van der Waals surface area contributed by atoms with E-state index in [0.29, 0.717) is 19.3 Å². The Hall–Kier alpha value is -4.62. The van der Waals surface area contributed by atoms with Gasteiger partial charge in [-0.3, -0.25) is 24.4 Å². The van der Waals surface area contributed by atoms with Gasteiger partial charge < -0.3 is 54.9 Å². The van der Waals surface area contributed by atoms with Gasteiger partial charge in [-0.2, -0.15) is 13.2 Å². The summed E-state index contributed by atoms with van der Waals surface area (Å²) < 4.78 is 36.1. The second-order valence-electron chi connectivity index (χ2n) is 15.5. The molecule has 1 heterocycles. The van der Waals surface area contributed by atoms with Gasteiger partial charge in [0, 0.05) is 19.5 Å². The largest absolute Gasteiger partial charge is 0.542 e. The number of nitrogens with zero attached hydrogens (tertiary/aromatic N) is 4. The Morgan fingerprint density at radius 1 is 0.776 bits per heavy atom. The lowest BCUT2D eigenvalue weighted by atomic mass is 9.86. The van der Waals surface area contributed by atoms with Gasteiger partial charge >= 0.3 is 6.18 Å².